The molecule has 0 saturated heterocycles. The number of halogens is 4. The molecular weight excluding hydrogens is 423 g/mol. The maximum Gasteiger partial charge on any atom is 0.325 e. The molecule has 0 aliphatic heterocycles. The summed E-state index contributed by atoms with van der Waals surface area (Å²) in [5, 5.41) is 5.39. The molecule has 2 atom stereocenters. The van der Waals surface area contributed by atoms with Gasteiger partial charge in [0.25, 0.3) is 0 Å². The van der Waals surface area contributed by atoms with E-state index >= 15 is 0 Å². The van der Waals surface area contributed by atoms with Gasteiger partial charge in [-0.1, -0.05) is 62.0 Å². The maximum absolute atomic E-state index is 11.6. The van der Waals surface area contributed by atoms with Crippen molar-refractivity contribution in [2.45, 2.75) is 16.6 Å². The highest BCUT2D eigenvalue weighted by molar-refractivity contribution is 9.12. The Morgan fingerprint density at radius 3 is 2.37 bits per heavy atom. The van der Waals surface area contributed by atoms with E-state index in [1.165, 1.54) is 6.07 Å². The SMILES string of the molecule is CC(Br)C(Br)C(=O)NC(=O)Nc1ccc(Cl)c(Cl)c1. The van der Waals surface area contributed by atoms with Crippen LogP contribution >= 0.6 is 55.1 Å². The van der Waals surface area contributed by atoms with E-state index in [-0.39, 0.29) is 4.83 Å². The van der Waals surface area contributed by atoms with Crippen molar-refractivity contribution in [3.8, 4) is 0 Å². The van der Waals surface area contributed by atoms with Crippen LogP contribution in [0.15, 0.2) is 18.2 Å². The highest BCUT2D eigenvalue weighted by Gasteiger charge is 2.21. The monoisotopic (exact) mass is 430 g/mol. The first-order valence-electron chi connectivity index (χ1n) is 5.16. The van der Waals surface area contributed by atoms with Gasteiger partial charge in [-0.2, -0.15) is 0 Å². The second kappa shape index (κ2) is 7.47. The quantitative estimate of drug-likeness (QED) is 0.704. The minimum absolute atomic E-state index is 0.106. The molecule has 0 heterocycles. The van der Waals surface area contributed by atoms with E-state index in [1.807, 2.05) is 0 Å². The Balaban J connectivity index is 2.60. The summed E-state index contributed by atoms with van der Waals surface area (Å²) in [5.41, 5.74) is 0.442. The molecule has 0 spiro atoms. The van der Waals surface area contributed by atoms with Crippen molar-refractivity contribution < 1.29 is 9.59 Å². The van der Waals surface area contributed by atoms with Crippen molar-refractivity contribution in [1.29, 1.82) is 0 Å². The van der Waals surface area contributed by atoms with Crippen LogP contribution in [0, 0.1) is 0 Å². The number of anilines is 1. The molecule has 1 aromatic rings. The van der Waals surface area contributed by atoms with Crippen LogP contribution < -0.4 is 10.6 Å². The lowest BCUT2D eigenvalue weighted by Gasteiger charge is -2.12. The van der Waals surface area contributed by atoms with E-state index in [4.69, 9.17) is 23.2 Å². The molecular formula is C11H10Br2Cl2N2O2. The Morgan fingerprint density at radius 2 is 1.84 bits per heavy atom. The van der Waals surface area contributed by atoms with Crippen LogP contribution in [0.1, 0.15) is 6.92 Å². The molecule has 3 amide bonds. The number of carbonyl (C=O) groups excluding carboxylic acids is 2. The summed E-state index contributed by atoms with van der Waals surface area (Å²) >= 11 is 18.0. The second-order valence-electron chi connectivity index (χ2n) is 3.65. The zero-order valence-corrected chi connectivity index (χ0v) is 14.4. The lowest BCUT2D eigenvalue weighted by Crippen LogP contribution is -2.41. The largest absolute Gasteiger partial charge is 0.325 e. The number of rotatable bonds is 3. The normalized spacial score (nSPS) is 13.5. The maximum atomic E-state index is 11.6. The fraction of sp³-hybridized carbons (Fsp3) is 0.273. The summed E-state index contributed by atoms with van der Waals surface area (Å²) in [7, 11) is 0. The van der Waals surface area contributed by atoms with Crippen LogP contribution in [-0.4, -0.2) is 21.6 Å². The first-order chi connectivity index (χ1) is 8.81. The molecule has 1 rings (SSSR count). The van der Waals surface area contributed by atoms with Gasteiger partial charge >= 0.3 is 6.03 Å². The van der Waals surface area contributed by atoms with Crippen molar-refractivity contribution in [2.24, 2.45) is 0 Å². The first-order valence-corrected chi connectivity index (χ1v) is 7.75. The van der Waals surface area contributed by atoms with Gasteiger partial charge in [0.2, 0.25) is 5.91 Å². The number of hydrogen-bond donors (Lipinski definition) is 2. The third-order valence-electron chi connectivity index (χ3n) is 2.07. The number of alkyl halides is 2. The number of nitrogens with one attached hydrogen (secondary N) is 2. The fourth-order valence-corrected chi connectivity index (χ4v) is 1.78. The standard InChI is InChI=1S/C11H10Br2Cl2N2O2/c1-5(12)9(13)10(18)17-11(19)16-6-2-3-7(14)8(15)4-6/h2-5,9H,1H3,(H2,16,17,18,19). The molecule has 0 radical (unpaired) electrons. The summed E-state index contributed by atoms with van der Waals surface area (Å²) in [5.74, 6) is -0.443. The first kappa shape index (κ1) is 16.8. The average Bonchev–Trinajstić information content (AvgIpc) is 2.32. The highest BCUT2D eigenvalue weighted by Crippen LogP contribution is 2.24. The van der Waals surface area contributed by atoms with Gasteiger partial charge in [0.1, 0.15) is 4.83 Å². The van der Waals surface area contributed by atoms with Gasteiger partial charge in [0.15, 0.2) is 0 Å². The van der Waals surface area contributed by atoms with Crippen molar-refractivity contribution in [1.82, 2.24) is 5.32 Å². The van der Waals surface area contributed by atoms with Gasteiger partial charge in [-0.15, -0.1) is 0 Å². The van der Waals surface area contributed by atoms with Crippen LogP contribution in [0.2, 0.25) is 10.0 Å². The number of imide groups is 1. The van der Waals surface area contributed by atoms with Crippen LogP contribution in [0.25, 0.3) is 0 Å². The van der Waals surface area contributed by atoms with Crippen LogP contribution in [0.3, 0.4) is 0 Å². The summed E-state index contributed by atoms with van der Waals surface area (Å²) in [6, 6.07) is 3.99. The molecule has 0 aromatic heterocycles. The molecule has 2 unspecified atom stereocenters. The predicted molar refractivity (Wildman–Crippen MR) is 84.7 cm³/mol. The number of urea groups is 1. The topological polar surface area (TPSA) is 58.2 Å². The van der Waals surface area contributed by atoms with Gasteiger partial charge in [0, 0.05) is 10.5 Å². The second-order valence-corrected chi connectivity index (χ2v) is 6.90. The molecule has 0 aliphatic carbocycles. The molecule has 0 aliphatic rings. The van der Waals surface area contributed by atoms with Crippen LogP contribution in [0.5, 0.6) is 0 Å². The van der Waals surface area contributed by atoms with Crippen LogP contribution in [-0.2, 0) is 4.79 Å². The van der Waals surface area contributed by atoms with Crippen molar-refractivity contribution in [3.05, 3.63) is 28.2 Å². The smallest absolute Gasteiger partial charge is 0.308 e. The minimum atomic E-state index is -0.638. The van der Waals surface area contributed by atoms with E-state index in [9.17, 15) is 9.59 Å². The zero-order chi connectivity index (χ0) is 14.6. The van der Waals surface area contributed by atoms with Gasteiger partial charge in [0.05, 0.1) is 10.0 Å². The third-order valence-corrected chi connectivity index (χ3v) is 5.25. The van der Waals surface area contributed by atoms with Gasteiger partial charge in [-0.25, -0.2) is 4.79 Å². The van der Waals surface area contributed by atoms with Crippen molar-refractivity contribution >= 4 is 72.7 Å². The van der Waals surface area contributed by atoms with E-state index in [1.54, 1.807) is 19.1 Å². The Bertz CT molecular complexity index is 498. The molecule has 8 heteroatoms. The molecule has 19 heavy (non-hydrogen) atoms. The average molecular weight is 433 g/mol. The Morgan fingerprint density at radius 1 is 1.21 bits per heavy atom. The summed E-state index contributed by atoms with van der Waals surface area (Å²) in [6.45, 7) is 1.79. The van der Waals surface area contributed by atoms with Crippen LogP contribution in [0.4, 0.5) is 10.5 Å². The summed E-state index contributed by atoms with van der Waals surface area (Å²) in [4.78, 5) is 22.6. The lowest BCUT2D eigenvalue weighted by molar-refractivity contribution is -0.119. The number of amides is 3. The molecule has 1 aromatic carbocycles. The highest BCUT2D eigenvalue weighted by atomic mass is 79.9. The fourth-order valence-electron chi connectivity index (χ4n) is 1.13. The van der Waals surface area contributed by atoms with Crippen molar-refractivity contribution in [2.75, 3.05) is 5.32 Å². The molecule has 104 valence electrons. The van der Waals surface area contributed by atoms with E-state index in [0.29, 0.717) is 15.7 Å². The van der Waals surface area contributed by atoms with Gasteiger partial charge in [-0.05, 0) is 18.2 Å². The molecule has 0 saturated carbocycles. The van der Waals surface area contributed by atoms with E-state index < -0.39 is 16.8 Å². The zero-order valence-electron chi connectivity index (χ0n) is 9.72. The third kappa shape index (κ3) is 5.30. The van der Waals surface area contributed by atoms with E-state index in [0.717, 1.165) is 0 Å². The summed E-state index contributed by atoms with van der Waals surface area (Å²) < 4.78 is 0. The molecule has 2 N–H and O–H groups in total. The summed E-state index contributed by atoms with van der Waals surface area (Å²) in [6.07, 6.45) is 0. The van der Waals surface area contributed by atoms with Crippen molar-refractivity contribution in [3.63, 3.8) is 0 Å². The molecule has 4 nitrogen and oxygen atoms in total. The van der Waals surface area contributed by atoms with E-state index in [2.05, 4.69) is 42.5 Å². The number of hydrogen-bond acceptors (Lipinski definition) is 2. The van der Waals surface area contributed by atoms with Gasteiger partial charge < -0.3 is 5.32 Å². The molecule has 0 fully saturated rings. The lowest BCUT2D eigenvalue weighted by atomic mass is 10.3. The van der Waals surface area contributed by atoms with Gasteiger partial charge in [-0.3, -0.25) is 10.1 Å². The molecule has 0 bridgehead atoms. The predicted octanol–water partition coefficient (Wildman–Crippen LogP) is 4.19. The number of carbonyl (C=O) groups is 2. The minimum Gasteiger partial charge on any atom is -0.308 e. The Kier molecular flexibility index (Phi) is 6.59. The number of benzene rings is 1. The Labute approximate surface area is 137 Å². The Hall–Kier alpha value is -0.300.